The number of ether oxygens (including phenoxy) is 2. The molecule has 0 radical (unpaired) electrons. The summed E-state index contributed by atoms with van der Waals surface area (Å²) in [5.74, 6) is 0. The largest absolute Gasteiger partial charge is 0.444 e. The highest BCUT2D eigenvalue weighted by molar-refractivity contribution is 5.69. The number of carbonyl (C=O) groups is 1. The SMILES string of the molecule is CC(C)(C)OC(=O)NC1(c2ccccc2)CC2OC2C1. The van der Waals surface area contributed by atoms with Crippen molar-refractivity contribution >= 4 is 6.09 Å². The number of nitrogens with one attached hydrogen (secondary N) is 1. The van der Waals surface area contributed by atoms with Crippen molar-refractivity contribution in [3.8, 4) is 0 Å². The Morgan fingerprint density at radius 3 is 2.40 bits per heavy atom. The van der Waals surface area contributed by atoms with Gasteiger partial charge < -0.3 is 14.8 Å². The highest BCUT2D eigenvalue weighted by Gasteiger charge is 2.57. The Labute approximate surface area is 119 Å². The lowest BCUT2D eigenvalue weighted by Crippen LogP contribution is -2.47. The summed E-state index contributed by atoms with van der Waals surface area (Å²) in [7, 11) is 0. The number of hydrogen-bond acceptors (Lipinski definition) is 3. The van der Waals surface area contributed by atoms with Crippen LogP contribution in [0.15, 0.2) is 30.3 Å². The number of rotatable bonds is 2. The maximum Gasteiger partial charge on any atom is 0.408 e. The summed E-state index contributed by atoms with van der Waals surface area (Å²) in [6, 6.07) is 10.1. The summed E-state index contributed by atoms with van der Waals surface area (Å²) in [6.45, 7) is 5.62. The molecule has 1 aliphatic carbocycles. The van der Waals surface area contributed by atoms with Gasteiger partial charge in [-0.2, -0.15) is 0 Å². The Morgan fingerprint density at radius 2 is 1.85 bits per heavy atom. The van der Waals surface area contributed by atoms with Gasteiger partial charge in [-0.3, -0.25) is 0 Å². The molecule has 0 spiro atoms. The average Bonchev–Trinajstić information content (AvgIpc) is 2.96. The Kier molecular flexibility index (Phi) is 3.01. The van der Waals surface area contributed by atoms with Crippen molar-refractivity contribution in [1.29, 1.82) is 0 Å². The van der Waals surface area contributed by atoms with E-state index in [1.165, 1.54) is 0 Å². The molecule has 2 unspecified atom stereocenters. The van der Waals surface area contributed by atoms with Gasteiger partial charge in [0.05, 0.1) is 17.7 Å². The molecular formula is C16H21NO3. The van der Waals surface area contributed by atoms with E-state index in [1.54, 1.807) is 0 Å². The Morgan fingerprint density at radius 1 is 1.25 bits per heavy atom. The smallest absolute Gasteiger partial charge is 0.408 e. The predicted molar refractivity (Wildman–Crippen MR) is 75.4 cm³/mol. The van der Waals surface area contributed by atoms with Crippen molar-refractivity contribution in [3.63, 3.8) is 0 Å². The van der Waals surface area contributed by atoms with E-state index in [1.807, 2.05) is 39.0 Å². The molecule has 1 N–H and O–H groups in total. The minimum atomic E-state index is -0.486. The fourth-order valence-electron chi connectivity index (χ4n) is 2.97. The number of amides is 1. The van der Waals surface area contributed by atoms with Gasteiger partial charge in [-0.1, -0.05) is 30.3 Å². The highest BCUT2D eigenvalue weighted by Crippen LogP contribution is 2.49. The first-order valence-electron chi connectivity index (χ1n) is 7.10. The van der Waals surface area contributed by atoms with E-state index < -0.39 is 5.60 Å². The van der Waals surface area contributed by atoms with E-state index in [0.717, 1.165) is 18.4 Å². The second-order valence-corrected chi connectivity index (χ2v) is 6.70. The molecule has 0 aromatic heterocycles. The predicted octanol–water partition coefficient (Wildman–Crippen LogP) is 2.97. The zero-order chi connectivity index (χ0) is 14.4. The third-order valence-corrected chi connectivity index (χ3v) is 3.85. The average molecular weight is 275 g/mol. The van der Waals surface area contributed by atoms with E-state index >= 15 is 0 Å². The van der Waals surface area contributed by atoms with Crippen LogP contribution in [0.25, 0.3) is 0 Å². The fourth-order valence-corrected chi connectivity index (χ4v) is 2.97. The second kappa shape index (κ2) is 4.48. The van der Waals surface area contributed by atoms with E-state index in [0.29, 0.717) is 0 Å². The van der Waals surface area contributed by atoms with Crippen LogP contribution in [0.3, 0.4) is 0 Å². The normalized spacial score (nSPS) is 31.6. The molecule has 0 bridgehead atoms. The van der Waals surface area contributed by atoms with Gasteiger partial charge in [0.2, 0.25) is 0 Å². The van der Waals surface area contributed by atoms with Gasteiger partial charge in [0.1, 0.15) is 5.60 Å². The summed E-state index contributed by atoms with van der Waals surface area (Å²) < 4.78 is 10.9. The Balaban J connectivity index is 1.79. The third kappa shape index (κ3) is 2.66. The molecule has 1 aromatic carbocycles. The van der Waals surface area contributed by atoms with E-state index in [4.69, 9.17) is 9.47 Å². The summed E-state index contributed by atoms with van der Waals surface area (Å²) >= 11 is 0. The van der Waals surface area contributed by atoms with Gasteiger partial charge in [-0.25, -0.2) is 4.79 Å². The first-order valence-corrected chi connectivity index (χ1v) is 7.10. The van der Waals surface area contributed by atoms with Crippen LogP contribution < -0.4 is 5.32 Å². The lowest BCUT2D eigenvalue weighted by atomic mass is 9.87. The first kappa shape index (κ1) is 13.4. The zero-order valence-electron chi connectivity index (χ0n) is 12.2. The maximum atomic E-state index is 12.1. The molecule has 1 saturated carbocycles. The maximum absolute atomic E-state index is 12.1. The quantitative estimate of drug-likeness (QED) is 0.844. The molecule has 1 saturated heterocycles. The van der Waals surface area contributed by atoms with Crippen molar-refractivity contribution < 1.29 is 14.3 Å². The van der Waals surface area contributed by atoms with Crippen LogP contribution in [-0.4, -0.2) is 23.9 Å². The summed E-state index contributed by atoms with van der Waals surface area (Å²) in [6.07, 6.45) is 1.85. The van der Waals surface area contributed by atoms with Gasteiger partial charge >= 0.3 is 6.09 Å². The molecular weight excluding hydrogens is 254 g/mol. The highest BCUT2D eigenvalue weighted by atomic mass is 16.6. The Hall–Kier alpha value is -1.55. The van der Waals surface area contributed by atoms with Crippen LogP contribution in [0.4, 0.5) is 4.79 Å². The van der Waals surface area contributed by atoms with E-state index in [-0.39, 0.29) is 23.8 Å². The Bertz CT molecular complexity index is 496. The molecule has 3 rings (SSSR count). The van der Waals surface area contributed by atoms with Crippen molar-refractivity contribution in [2.75, 3.05) is 0 Å². The monoisotopic (exact) mass is 275 g/mol. The topological polar surface area (TPSA) is 50.9 Å². The summed E-state index contributed by atoms with van der Waals surface area (Å²) in [5, 5.41) is 3.08. The van der Waals surface area contributed by atoms with Crippen molar-refractivity contribution in [1.82, 2.24) is 5.32 Å². The van der Waals surface area contributed by atoms with Gasteiger partial charge in [0.25, 0.3) is 0 Å². The van der Waals surface area contributed by atoms with Crippen molar-refractivity contribution in [2.45, 2.75) is 57.0 Å². The third-order valence-electron chi connectivity index (χ3n) is 3.85. The van der Waals surface area contributed by atoms with Gasteiger partial charge in [0.15, 0.2) is 0 Å². The van der Waals surface area contributed by atoms with Gasteiger partial charge in [-0.15, -0.1) is 0 Å². The molecule has 2 atom stereocenters. The number of carbonyl (C=O) groups excluding carboxylic acids is 1. The molecule has 1 heterocycles. The van der Waals surface area contributed by atoms with Crippen LogP contribution in [0.5, 0.6) is 0 Å². The summed E-state index contributed by atoms with van der Waals surface area (Å²) in [5.41, 5.74) is 0.290. The fraction of sp³-hybridized carbons (Fsp3) is 0.562. The number of hydrogen-bond donors (Lipinski definition) is 1. The zero-order valence-corrected chi connectivity index (χ0v) is 12.2. The molecule has 20 heavy (non-hydrogen) atoms. The second-order valence-electron chi connectivity index (χ2n) is 6.70. The van der Waals surface area contributed by atoms with Crippen molar-refractivity contribution in [3.05, 3.63) is 35.9 Å². The molecule has 4 heteroatoms. The lowest BCUT2D eigenvalue weighted by Gasteiger charge is -2.33. The van der Waals surface area contributed by atoms with Crippen LogP contribution >= 0.6 is 0 Å². The van der Waals surface area contributed by atoms with Crippen LogP contribution in [0, 0.1) is 0 Å². The molecule has 1 aliphatic heterocycles. The van der Waals surface area contributed by atoms with Crippen LogP contribution in [0.1, 0.15) is 39.2 Å². The molecule has 108 valence electrons. The number of alkyl carbamates (subject to hydrolysis) is 1. The van der Waals surface area contributed by atoms with Gasteiger partial charge in [0, 0.05) is 12.8 Å². The standard InChI is InChI=1S/C16H21NO3/c1-15(2,3)20-14(18)17-16(9-12-13(10-16)19-12)11-7-5-4-6-8-11/h4-8,12-13H,9-10H2,1-3H3,(H,17,18). The molecule has 1 aromatic rings. The molecule has 2 aliphatic rings. The minimum absolute atomic E-state index is 0.283. The van der Waals surface area contributed by atoms with Crippen LogP contribution in [-0.2, 0) is 15.0 Å². The molecule has 2 fully saturated rings. The van der Waals surface area contributed by atoms with E-state index in [2.05, 4.69) is 17.4 Å². The lowest BCUT2D eigenvalue weighted by molar-refractivity contribution is 0.0427. The molecule has 4 nitrogen and oxygen atoms in total. The minimum Gasteiger partial charge on any atom is -0.444 e. The number of benzene rings is 1. The number of fused-ring (bicyclic) bond motifs is 1. The van der Waals surface area contributed by atoms with Gasteiger partial charge in [-0.05, 0) is 26.3 Å². The van der Waals surface area contributed by atoms with Crippen LogP contribution in [0.2, 0.25) is 0 Å². The number of epoxide rings is 1. The first-order chi connectivity index (χ1) is 9.38. The van der Waals surface area contributed by atoms with E-state index in [9.17, 15) is 4.79 Å². The summed E-state index contributed by atoms with van der Waals surface area (Å²) in [4.78, 5) is 12.1. The molecule has 1 amide bonds. The van der Waals surface area contributed by atoms with Crippen molar-refractivity contribution in [2.24, 2.45) is 0 Å².